The number of anilines is 1. The number of hydrogen-bond acceptors (Lipinski definition) is 3. The molecule has 1 atom stereocenters. The van der Waals surface area contributed by atoms with Gasteiger partial charge in [0, 0.05) is 24.3 Å². The Morgan fingerprint density at radius 2 is 1.76 bits per heavy atom. The molecular weight excluding hydrogens is 316 g/mol. The topological polar surface area (TPSA) is 69.6 Å². The van der Waals surface area contributed by atoms with Gasteiger partial charge in [0.15, 0.2) is 0 Å². The summed E-state index contributed by atoms with van der Waals surface area (Å²) in [6.45, 7) is 3.75. The second-order valence-corrected chi connectivity index (χ2v) is 7.35. The lowest BCUT2D eigenvalue weighted by Crippen LogP contribution is -2.38. The lowest BCUT2D eigenvalue weighted by Gasteiger charge is -2.31. The first-order valence-corrected chi connectivity index (χ1v) is 9.23. The van der Waals surface area contributed by atoms with Crippen LogP contribution < -0.4 is 5.32 Å². The van der Waals surface area contributed by atoms with Crippen LogP contribution in [0.2, 0.25) is 0 Å². The Kier molecular flexibility index (Phi) is 7.00. The molecule has 5 heteroatoms. The van der Waals surface area contributed by atoms with Gasteiger partial charge in [-0.15, -0.1) is 0 Å². The van der Waals surface area contributed by atoms with E-state index in [1.807, 2.05) is 25.8 Å². The molecule has 1 saturated carbocycles. The SMILES string of the molecule is CC(C)C(O)CC(=O)Nc1ccc(C(=O)N(C)C2CCCCC2)cc1. The maximum Gasteiger partial charge on any atom is 0.253 e. The third kappa shape index (κ3) is 5.56. The van der Waals surface area contributed by atoms with E-state index in [9.17, 15) is 14.7 Å². The Morgan fingerprint density at radius 3 is 2.32 bits per heavy atom. The highest BCUT2D eigenvalue weighted by Crippen LogP contribution is 2.23. The second kappa shape index (κ2) is 8.99. The van der Waals surface area contributed by atoms with Crippen LogP contribution in [0, 0.1) is 5.92 Å². The molecule has 0 aromatic heterocycles. The van der Waals surface area contributed by atoms with E-state index in [1.165, 1.54) is 19.3 Å². The molecule has 1 aliphatic carbocycles. The summed E-state index contributed by atoms with van der Waals surface area (Å²) in [4.78, 5) is 26.4. The van der Waals surface area contributed by atoms with Crippen LogP contribution in [0.1, 0.15) is 62.7 Å². The highest BCUT2D eigenvalue weighted by molar-refractivity contribution is 5.96. The highest BCUT2D eigenvalue weighted by Gasteiger charge is 2.23. The van der Waals surface area contributed by atoms with Crippen molar-refractivity contribution in [3.05, 3.63) is 29.8 Å². The van der Waals surface area contributed by atoms with E-state index in [0.29, 0.717) is 17.3 Å². The molecule has 1 aromatic rings. The fourth-order valence-corrected chi connectivity index (χ4v) is 3.17. The van der Waals surface area contributed by atoms with Gasteiger partial charge in [-0.1, -0.05) is 33.1 Å². The minimum absolute atomic E-state index is 0.0278. The molecule has 2 rings (SSSR count). The normalized spacial score (nSPS) is 16.5. The van der Waals surface area contributed by atoms with Crippen molar-refractivity contribution in [2.24, 2.45) is 5.92 Å². The fourth-order valence-electron chi connectivity index (χ4n) is 3.17. The molecule has 2 N–H and O–H groups in total. The summed E-state index contributed by atoms with van der Waals surface area (Å²) in [5.74, 6) is -0.152. The molecule has 0 spiro atoms. The highest BCUT2D eigenvalue weighted by atomic mass is 16.3. The third-order valence-corrected chi connectivity index (χ3v) is 5.02. The van der Waals surface area contributed by atoms with Gasteiger partial charge in [-0.25, -0.2) is 0 Å². The minimum Gasteiger partial charge on any atom is -0.392 e. The van der Waals surface area contributed by atoms with Crippen LogP contribution in [0.3, 0.4) is 0 Å². The van der Waals surface area contributed by atoms with Crippen molar-refractivity contribution in [1.82, 2.24) is 4.90 Å². The first kappa shape index (κ1) is 19.4. The quantitative estimate of drug-likeness (QED) is 0.829. The van der Waals surface area contributed by atoms with Crippen LogP contribution in [-0.4, -0.2) is 41.0 Å². The molecular formula is C20H30N2O3. The average molecular weight is 346 g/mol. The predicted octanol–water partition coefficient (Wildman–Crippen LogP) is 3.44. The van der Waals surface area contributed by atoms with Crippen LogP contribution in [-0.2, 0) is 4.79 Å². The molecule has 1 fully saturated rings. The van der Waals surface area contributed by atoms with Gasteiger partial charge >= 0.3 is 0 Å². The van der Waals surface area contributed by atoms with Crippen molar-refractivity contribution in [3.8, 4) is 0 Å². The zero-order chi connectivity index (χ0) is 18.4. The molecule has 0 saturated heterocycles. The number of carbonyl (C=O) groups excluding carboxylic acids is 2. The first-order chi connectivity index (χ1) is 11.9. The van der Waals surface area contributed by atoms with E-state index >= 15 is 0 Å². The zero-order valence-electron chi connectivity index (χ0n) is 15.5. The number of benzene rings is 1. The average Bonchev–Trinajstić information content (AvgIpc) is 2.61. The first-order valence-electron chi connectivity index (χ1n) is 9.23. The van der Waals surface area contributed by atoms with Gasteiger partial charge in [0.25, 0.3) is 5.91 Å². The van der Waals surface area contributed by atoms with Crippen LogP contribution >= 0.6 is 0 Å². The molecule has 0 radical (unpaired) electrons. The number of hydrogen-bond donors (Lipinski definition) is 2. The Morgan fingerprint density at radius 1 is 1.16 bits per heavy atom. The minimum atomic E-state index is -0.648. The molecule has 1 aromatic carbocycles. The number of aliphatic hydroxyl groups excluding tert-OH is 1. The predicted molar refractivity (Wildman–Crippen MR) is 99.5 cm³/mol. The number of rotatable bonds is 6. The van der Waals surface area contributed by atoms with Gasteiger partial charge in [0.2, 0.25) is 5.91 Å². The second-order valence-electron chi connectivity index (χ2n) is 7.35. The van der Waals surface area contributed by atoms with Crippen LogP contribution in [0.15, 0.2) is 24.3 Å². The van der Waals surface area contributed by atoms with Crippen molar-refractivity contribution in [1.29, 1.82) is 0 Å². The Balaban J connectivity index is 1.92. The fraction of sp³-hybridized carbons (Fsp3) is 0.600. The number of amides is 2. The van der Waals surface area contributed by atoms with Gasteiger partial charge in [-0.05, 0) is 43.0 Å². The number of aliphatic hydroxyl groups is 1. The summed E-state index contributed by atoms with van der Waals surface area (Å²) < 4.78 is 0. The third-order valence-electron chi connectivity index (χ3n) is 5.02. The van der Waals surface area contributed by atoms with Crippen LogP contribution in [0.25, 0.3) is 0 Å². The molecule has 138 valence electrons. The molecule has 5 nitrogen and oxygen atoms in total. The number of nitrogens with one attached hydrogen (secondary N) is 1. The maximum absolute atomic E-state index is 12.6. The maximum atomic E-state index is 12.6. The van der Waals surface area contributed by atoms with Gasteiger partial charge in [0.1, 0.15) is 0 Å². The Labute approximate surface area is 150 Å². The van der Waals surface area contributed by atoms with E-state index in [2.05, 4.69) is 5.32 Å². The summed E-state index contributed by atoms with van der Waals surface area (Å²) in [6.07, 6.45) is 5.22. The largest absolute Gasteiger partial charge is 0.392 e. The standard InChI is InChI=1S/C20H30N2O3/c1-14(2)18(23)13-19(24)21-16-11-9-15(10-12-16)20(25)22(3)17-7-5-4-6-8-17/h9-12,14,17-18,23H,4-8,13H2,1-3H3,(H,21,24). The lowest BCUT2D eigenvalue weighted by atomic mass is 9.94. The van der Waals surface area contributed by atoms with E-state index in [0.717, 1.165) is 12.8 Å². The molecule has 2 amide bonds. The summed E-state index contributed by atoms with van der Waals surface area (Å²) >= 11 is 0. The zero-order valence-corrected chi connectivity index (χ0v) is 15.5. The molecule has 1 aliphatic rings. The van der Waals surface area contributed by atoms with Crippen LogP contribution in [0.4, 0.5) is 5.69 Å². The molecule has 0 heterocycles. The van der Waals surface area contributed by atoms with E-state index in [1.54, 1.807) is 24.3 Å². The molecule has 1 unspecified atom stereocenters. The van der Waals surface area contributed by atoms with E-state index < -0.39 is 6.10 Å². The molecule has 0 bridgehead atoms. The van der Waals surface area contributed by atoms with Crippen molar-refractivity contribution >= 4 is 17.5 Å². The van der Waals surface area contributed by atoms with E-state index in [-0.39, 0.29) is 24.2 Å². The number of nitrogens with zero attached hydrogens (tertiary/aromatic N) is 1. The van der Waals surface area contributed by atoms with Crippen molar-refractivity contribution in [2.45, 2.75) is 64.5 Å². The van der Waals surface area contributed by atoms with Gasteiger partial charge < -0.3 is 15.3 Å². The summed E-state index contributed by atoms with van der Waals surface area (Å²) in [7, 11) is 1.88. The number of carbonyl (C=O) groups is 2. The van der Waals surface area contributed by atoms with Crippen LogP contribution in [0.5, 0.6) is 0 Å². The van der Waals surface area contributed by atoms with Crippen molar-refractivity contribution in [2.75, 3.05) is 12.4 Å². The van der Waals surface area contributed by atoms with Gasteiger partial charge in [-0.3, -0.25) is 9.59 Å². The smallest absolute Gasteiger partial charge is 0.253 e. The monoisotopic (exact) mass is 346 g/mol. The van der Waals surface area contributed by atoms with Gasteiger partial charge in [-0.2, -0.15) is 0 Å². The molecule has 0 aliphatic heterocycles. The van der Waals surface area contributed by atoms with Crippen molar-refractivity contribution in [3.63, 3.8) is 0 Å². The molecule has 25 heavy (non-hydrogen) atoms. The van der Waals surface area contributed by atoms with Crippen molar-refractivity contribution < 1.29 is 14.7 Å². The Bertz CT molecular complexity index is 577. The van der Waals surface area contributed by atoms with Gasteiger partial charge in [0.05, 0.1) is 12.5 Å². The lowest BCUT2D eigenvalue weighted by molar-refractivity contribution is -0.118. The van der Waals surface area contributed by atoms with E-state index in [4.69, 9.17) is 0 Å². The summed E-state index contributed by atoms with van der Waals surface area (Å²) in [6, 6.07) is 7.30. The summed E-state index contributed by atoms with van der Waals surface area (Å²) in [5.41, 5.74) is 1.27. The summed E-state index contributed by atoms with van der Waals surface area (Å²) in [5, 5.41) is 12.5. The Hall–Kier alpha value is -1.88.